The number of rotatable bonds is 1. The molecule has 1 amide bonds. The summed E-state index contributed by atoms with van der Waals surface area (Å²) in [5.41, 5.74) is 5.75. The zero-order valence-corrected chi connectivity index (χ0v) is 11.1. The van der Waals surface area contributed by atoms with Crippen LogP contribution in [0.5, 0.6) is 0 Å². The highest BCUT2D eigenvalue weighted by atomic mass is 19.4. The van der Waals surface area contributed by atoms with Crippen molar-refractivity contribution < 1.29 is 18.0 Å². The maximum absolute atomic E-state index is 12.7. The number of hydrogen-bond acceptors (Lipinski definition) is 3. The number of alkyl halides is 3. The number of carbonyl (C=O) groups is 1. The van der Waals surface area contributed by atoms with Gasteiger partial charge < -0.3 is 15.5 Å². The van der Waals surface area contributed by atoms with Gasteiger partial charge in [0.25, 0.3) is 0 Å². The molecule has 0 saturated carbocycles. The summed E-state index contributed by atoms with van der Waals surface area (Å²) in [6.45, 7) is 3.42. The largest absolute Gasteiger partial charge is 0.416 e. The number of benzene rings is 1. The molecule has 1 aliphatic heterocycles. The van der Waals surface area contributed by atoms with Crippen LogP contribution in [0.25, 0.3) is 0 Å². The van der Waals surface area contributed by atoms with Crippen LogP contribution in [0.1, 0.15) is 12.5 Å². The van der Waals surface area contributed by atoms with Crippen molar-refractivity contribution in [3.05, 3.63) is 23.8 Å². The molecule has 1 heterocycles. The number of hydrogen-bond donors (Lipinski definition) is 1. The highest BCUT2D eigenvalue weighted by Crippen LogP contribution is 2.34. The Labute approximate surface area is 114 Å². The van der Waals surface area contributed by atoms with Gasteiger partial charge in [-0.15, -0.1) is 0 Å². The van der Waals surface area contributed by atoms with Crippen LogP contribution < -0.4 is 10.6 Å². The fourth-order valence-electron chi connectivity index (χ4n) is 2.26. The van der Waals surface area contributed by atoms with Crippen molar-refractivity contribution in [3.8, 4) is 0 Å². The second-order valence-electron chi connectivity index (χ2n) is 4.76. The number of nitrogen functional groups attached to an aromatic ring is 1. The number of anilines is 2. The SMILES string of the molecule is CC(=O)N1CCN(c2cc(C(F)(F)F)ccc2N)CC1. The molecule has 7 heteroatoms. The summed E-state index contributed by atoms with van der Waals surface area (Å²) in [6.07, 6.45) is -4.39. The van der Waals surface area contributed by atoms with E-state index >= 15 is 0 Å². The van der Waals surface area contributed by atoms with Gasteiger partial charge in [0.2, 0.25) is 5.91 Å². The molecule has 0 radical (unpaired) electrons. The van der Waals surface area contributed by atoms with E-state index in [1.165, 1.54) is 13.0 Å². The molecule has 0 aromatic heterocycles. The van der Waals surface area contributed by atoms with Crippen LogP contribution in [-0.2, 0) is 11.0 Å². The van der Waals surface area contributed by atoms with Crippen LogP contribution in [0.4, 0.5) is 24.5 Å². The predicted octanol–water partition coefficient (Wildman–Crippen LogP) is 1.96. The van der Waals surface area contributed by atoms with Crippen molar-refractivity contribution in [1.29, 1.82) is 0 Å². The first-order chi connectivity index (χ1) is 9.29. The van der Waals surface area contributed by atoms with Gasteiger partial charge in [-0.2, -0.15) is 13.2 Å². The van der Waals surface area contributed by atoms with Crippen molar-refractivity contribution in [2.75, 3.05) is 36.8 Å². The number of piperazine rings is 1. The predicted molar refractivity (Wildman–Crippen MR) is 70.3 cm³/mol. The van der Waals surface area contributed by atoms with Gasteiger partial charge in [0.05, 0.1) is 16.9 Å². The smallest absolute Gasteiger partial charge is 0.397 e. The molecule has 2 N–H and O–H groups in total. The minimum atomic E-state index is -4.39. The molecule has 20 heavy (non-hydrogen) atoms. The molecule has 2 rings (SSSR count). The van der Waals surface area contributed by atoms with E-state index in [0.29, 0.717) is 37.6 Å². The molecule has 4 nitrogen and oxygen atoms in total. The van der Waals surface area contributed by atoms with E-state index in [-0.39, 0.29) is 5.91 Å². The summed E-state index contributed by atoms with van der Waals surface area (Å²) in [5, 5.41) is 0. The van der Waals surface area contributed by atoms with Crippen LogP contribution in [-0.4, -0.2) is 37.0 Å². The number of amides is 1. The second kappa shape index (κ2) is 5.22. The fraction of sp³-hybridized carbons (Fsp3) is 0.462. The van der Waals surface area contributed by atoms with Crippen molar-refractivity contribution in [3.63, 3.8) is 0 Å². The fourth-order valence-corrected chi connectivity index (χ4v) is 2.26. The molecule has 1 aromatic rings. The zero-order chi connectivity index (χ0) is 14.9. The maximum Gasteiger partial charge on any atom is 0.416 e. The monoisotopic (exact) mass is 287 g/mol. The third-order valence-corrected chi connectivity index (χ3v) is 3.42. The Morgan fingerprint density at radius 2 is 1.80 bits per heavy atom. The van der Waals surface area contributed by atoms with E-state index in [2.05, 4.69) is 0 Å². The van der Waals surface area contributed by atoms with Gasteiger partial charge >= 0.3 is 6.18 Å². The Morgan fingerprint density at radius 1 is 1.20 bits per heavy atom. The lowest BCUT2D eigenvalue weighted by Gasteiger charge is -2.36. The summed E-state index contributed by atoms with van der Waals surface area (Å²) in [4.78, 5) is 14.7. The first kappa shape index (κ1) is 14.5. The van der Waals surface area contributed by atoms with E-state index in [1.54, 1.807) is 9.80 Å². The van der Waals surface area contributed by atoms with Gasteiger partial charge in [0, 0.05) is 33.1 Å². The Kier molecular flexibility index (Phi) is 3.78. The average Bonchev–Trinajstić information content (AvgIpc) is 2.38. The molecule has 0 atom stereocenters. The molecule has 1 saturated heterocycles. The van der Waals surface area contributed by atoms with Crippen LogP contribution >= 0.6 is 0 Å². The summed E-state index contributed by atoms with van der Waals surface area (Å²) >= 11 is 0. The van der Waals surface area contributed by atoms with Crippen LogP contribution in [0.15, 0.2) is 18.2 Å². The Balaban J connectivity index is 2.19. The van der Waals surface area contributed by atoms with Crippen molar-refractivity contribution in [1.82, 2.24) is 4.90 Å². The summed E-state index contributed by atoms with van der Waals surface area (Å²) in [5.74, 6) is -0.0262. The second-order valence-corrected chi connectivity index (χ2v) is 4.76. The van der Waals surface area contributed by atoms with E-state index in [0.717, 1.165) is 12.1 Å². The molecular weight excluding hydrogens is 271 g/mol. The third kappa shape index (κ3) is 2.97. The quantitative estimate of drug-likeness (QED) is 0.803. The number of nitrogens with two attached hydrogens (primary N) is 1. The number of nitrogens with zero attached hydrogens (tertiary/aromatic N) is 2. The van der Waals surface area contributed by atoms with E-state index in [1.807, 2.05) is 0 Å². The van der Waals surface area contributed by atoms with Crippen LogP contribution in [0.2, 0.25) is 0 Å². The van der Waals surface area contributed by atoms with Gasteiger partial charge in [0.1, 0.15) is 0 Å². The van der Waals surface area contributed by atoms with Crippen LogP contribution in [0.3, 0.4) is 0 Å². The molecule has 0 unspecified atom stereocenters. The summed E-state index contributed by atoms with van der Waals surface area (Å²) in [6, 6.07) is 3.32. The molecule has 1 aliphatic rings. The van der Waals surface area contributed by atoms with Gasteiger partial charge in [-0.1, -0.05) is 0 Å². The Bertz CT molecular complexity index is 508. The average molecular weight is 287 g/mol. The lowest BCUT2D eigenvalue weighted by molar-refractivity contribution is -0.137. The number of halogens is 3. The summed E-state index contributed by atoms with van der Waals surface area (Å²) in [7, 11) is 0. The lowest BCUT2D eigenvalue weighted by Crippen LogP contribution is -2.48. The van der Waals surface area contributed by atoms with Crippen molar-refractivity contribution in [2.45, 2.75) is 13.1 Å². The molecule has 1 fully saturated rings. The topological polar surface area (TPSA) is 49.6 Å². The molecule has 110 valence electrons. The van der Waals surface area contributed by atoms with E-state index in [9.17, 15) is 18.0 Å². The molecule has 0 aliphatic carbocycles. The van der Waals surface area contributed by atoms with Gasteiger partial charge in [-0.25, -0.2) is 0 Å². The van der Waals surface area contributed by atoms with Crippen molar-refractivity contribution in [2.24, 2.45) is 0 Å². The normalized spacial score (nSPS) is 16.4. The number of carbonyl (C=O) groups excluding carboxylic acids is 1. The Morgan fingerprint density at radius 3 is 2.30 bits per heavy atom. The van der Waals surface area contributed by atoms with E-state index in [4.69, 9.17) is 5.73 Å². The van der Waals surface area contributed by atoms with E-state index < -0.39 is 11.7 Å². The molecule has 0 bridgehead atoms. The van der Waals surface area contributed by atoms with Gasteiger partial charge in [-0.3, -0.25) is 4.79 Å². The highest BCUT2D eigenvalue weighted by molar-refractivity contribution is 5.74. The first-order valence-electron chi connectivity index (χ1n) is 6.26. The lowest BCUT2D eigenvalue weighted by atomic mass is 10.1. The Hall–Kier alpha value is -1.92. The standard InChI is InChI=1S/C13H16F3N3O/c1-9(20)18-4-6-19(7-5-18)12-8-10(13(14,15)16)2-3-11(12)17/h2-3,8H,4-7,17H2,1H3. The minimum absolute atomic E-state index is 0.0262. The summed E-state index contributed by atoms with van der Waals surface area (Å²) < 4.78 is 38.2. The van der Waals surface area contributed by atoms with Gasteiger partial charge in [0.15, 0.2) is 0 Å². The van der Waals surface area contributed by atoms with Gasteiger partial charge in [-0.05, 0) is 18.2 Å². The molecule has 0 spiro atoms. The first-order valence-corrected chi connectivity index (χ1v) is 6.26. The highest BCUT2D eigenvalue weighted by Gasteiger charge is 2.31. The maximum atomic E-state index is 12.7. The van der Waals surface area contributed by atoms with Crippen LogP contribution in [0, 0.1) is 0 Å². The third-order valence-electron chi connectivity index (χ3n) is 3.42. The van der Waals surface area contributed by atoms with Crippen molar-refractivity contribution >= 4 is 17.3 Å². The molecule has 1 aromatic carbocycles. The zero-order valence-electron chi connectivity index (χ0n) is 11.1. The minimum Gasteiger partial charge on any atom is -0.397 e. The molecular formula is C13H16F3N3O.